The number of carbonyl (C=O) groups excluding carboxylic acids is 1. The molecule has 6 heteroatoms. The minimum Gasteiger partial charge on any atom is -0.393 e. The highest BCUT2D eigenvalue weighted by Crippen LogP contribution is 2.18. The van der Waals surface area contributed by atoms with E-state index in [1.165, 1.54) is 5.56 Å². The maximum atomic E-state index is 12.4. The molecular weight excluding hydrogens is 304 g/mol. The molecule has 2 aromatic rings. The van der Waals surface area contributed by atoms with Crippen LogP contribution in [0.1, 0.15) is 24.1 Å². The van der Waals surface area contributed by atoms with Crippen molar-refractivity contribution < 1.29 is 9.90 Å². The highest BCUT2D eigenvalue weighted by Gasteiger charge is 2.20. The molecule has 6 nitrogen and oxygen atoms in total. The van der Waals surface area contributed by atoms with Crippen LogP contribution in [0.3, 0.4) is 0 Å². The fourth-order valence-corrected chi connectivity index (χ4v) is 2.93. The van der Waals surface area contributed by atoms with Crippen molar-refractivity contribution in [3.63, 3.8) is 0 Å². The zero-order chi connectivity index (χ0) is 17.1. The first kappa shape index (κ1) is 16.7. The Labute approximate surface area is 142 Å². The molecule has 1 aromatic heterocycles. The molecule has 0 saturated carbocycles. The number of anilines is 1. The second kappa shape index (κ2) is 7.15. The lowest BCUT2D eigenvalue weighted by Gasteiger charge is -2.28. The van der Waals surface area contributed by atoms with E-state index in [1.54, 1.807) is 4.68 Å². The van der Waals surface area contributed by atoms with Gasteiger partial charge in [-0.05, 0) is 38.8 Å². The van der Waals surface area contributed by atoms with Crippen molar-refractivity contribution in [2.75, 3.05) is 25.0 Å². The normalized spacial score (nSPS) is 16.3. The quantitative estimate of drug-likeness (QED) is 0.899. The molecule has 24 heavy (non-hydrogen) atoms. The number of benzene rings is 1. The van der Waals surface area contributed by atoms with Crippen LogP contribution in [-0.2, 0) is 4.79 Å². The molecule has 1 fully saturated rings. The van der Waals surface area contributed by atoms with Gasteiger partial charge in [-0.25, -0.2) is 4.68 Å². The van der Waals surface area contributed by atoms with Crippen LogP contribution >= 0.6 is 0 Å². The van der Waals surface area contributed by atoms with Gasteiger partial charge in [0, 0.05) is 19.2 Å². The van der Waals surface area contributed by atoms with Crippen LogP contribution in [0, 0.1) is 13.8 Å². The zero-order valence-electron chi connectivity index (χ0n) is 14.2. The number of rotatable bonds is 4. The Morgan fingerprint density at radius 2 is 1.92 bits per heavy atom. The summed E-state index contributed by atoms with van der Waals surface area (Å²) in [5.41, 5.74) is 2.96. The Balaban J connectivity index is 1.68. The van der Waals surface area contributed by atoms with E-state index in [2.05, 4.69) is 15.3 Å². The van der Waals surface area contributed by atoms with Gasteiger partial charge in [0.15, 0.2) is 0 Å². The van der Waals surface area contributed by atoms with E-state index >= 15 is 0 Å². The second-order valence-corrected chi connectivity index (χ2v) is 6.47. The number of likely N-dealkylation sites (tertiary alicyclic amines) is 1. The number of aryl methyl sites for hydroxylation is 2. The van der Waals surface area contributed by atoms with E-state index in [-0.39, 0.29) is 12.0 Å². The Morgan fingerprint density at radius 1 is 1.25 bits per heavy atom. The summed E-state index contributed by atoms with van der Waals surface area (Å²) >= 11 is 0. The largest absolute Gasteiger partial charge is 0.393 e. The summed E-state index contributed by atoms with van der Waals surface area (Å²) in [6, 6.07) is 9.90. The molecule has 1 saturated heterocycles. The number of hydrogen-bond acceptors (Lipinski definition) is 4. The zero-order valence-corrected chi connectivity index (χ0v) is 14.2. The van der Waals surface area contributed by atoms with Gasteiger partial charge in [0.2, 0.25) is 5.91 Å². The molecule has 0 unspecified atom stereocenters. The predicted molar refractivity (Wildman–Crippen MR) is 93.3 cm³/mol. The number of amides is 1. The fraction of sp³-hybridized carbons (Fsp3) is 0.444. The van der Waals surface area contributed by atoms with Gasteiger partial charge in [-0.1, -0.05) is 17.7 Å². The highest BCUT2D eigenvalue weighted by atomic mass is 16.3. The molecule has 3 rings (SSSR count). The summed E-state index contributed by atoms with van der Waals surface area (Å²) in [4.78, 5) is 14.4. The van der Waals surface area contributed by atoms with E-state index in [1.807, 2.05) is 44.2 Å². The standard InChI is InChI=1S/C18H24N4O2/c1-13-3-5-15(6-4-13)22-17(11-14(2)20-22)19-18(24)12-21-9-7-16(23)8-10-21/h3-6,11,16,23H,7-10,12H2,1-2H3,(H,19,24). The van der Waals surface area contributed by atoms with Crippen LogP contribution in [0.2, 0.25) is 0 Å². The van der Waals surface area contributed by atoms with Crippen molar-refractivity contribution in [3.05, 3.63) is 41.6 Å². The second-order valence-electron chi connectivity index (χ2n) is 6.47. The van der Waals surface area contributed by atoms with E-state index in [0.717, 1.165) is 37.3 Å². The van der Waals surface area contributed by atoms with Crippen molar-refractivity contribution >= 4 is 11.7 Å². The van der Waals surface area contributed by atoms with Gasteiger partial charge in [-0.15, -0.1) is 0 Å². The minimum absolute atomic E-state index is 0.0559. The van der Waals surface area contributed by atoms with Crippen LogP contribution in [0.25, 0.3) is 5.69 Å². The average Bonchev–Trinajstić information content (AvgIpc) is 2.90. The van der Waals surface area contributed by atoms with E-state index in [0.29, 0.717) is 12.4 Å². The summed E-state index contributed by atoms with van der Waals surface area (Å²) in [6.45, 7) is 5.79. The third kappa shape index (κ3) is 4.01. The van der Waals surface area contributed by atoms with Crippen LogP contribution in [0.15, 0.2) is 30.3 Å². The van der Waals surface area contributed by atoms with Gasteiger partial charge >= 0.3 is 0 Å². The topological polar surface area (TPSA) is 70.4 Å². The van der Waals surface area contributed by atoms with Crippen molar-refractivity contribution in [2.45, 2.75) is 32.8 Å². The van der Waals surface area contributed by atoms with Crippen molar-refractivity contribution in [3.8, 4) is 5.69 Å². The SMILES string of the molecule is Cc1ccc(-n2nc(C)cc2NC(=O)CN2CCC(O)CC2)cc1. The lowest BCUT2D eigenvalue weighted by atomic mass is 10.1. The minimum atomic E-state index is -0.227. The van der Waals surface area contributed by atoms with Crippen LogP contribution in [0.4, 0.5) is 5.82 Å². The van der Waals surface area contributed by atoms with Crippen LogP contribution < -0.4 is 5.32 Å². The maximum Gasteiger partial charge on any atom is 0.239 e. The number of carbonyl (C=O) groups is 1. The number of nitrogens with one attached hydrogen (secondary N) is 1. The molecule has 0 aliphatic carbocycles. The first-order valence-electron chi connectivity index (χ1n) is 8.35. The van der Waals surface area contributed by atoms with Crippen molar-refractivity contribution in [1.29, 1.82) is 0 Å². The number of aliphatic hydroxyl groups excluding tert-OH is 1. The molecule has 1 aromatic carbocycles. The Morgan fingerprint density at radius 3 is 2.58 bits per heavy atom. The summed E-state index contributed by atoms with van der Waals surface area (Å²) in [7, 11) is 0. The monoisotopic (exact) mass is 328 g/mol. The summed E-state index contributed by atoms with van der Waals surface area (Å²) in [6.07, 6.45) is 1.23. The van der Waals surface area contributed by atoms with Crippen LogP contribution in [-0.4, -0.2) is 51.4 Å². The molecule has 0 spiro atoms. The summed E-state index contributed by atoms with van der Waals surface area (Å²) in [5, 5.41) is 17.0. The first-order chi connectivity index (χ1) is 11.5. The molecule has 1 aliphatic rings. The van der Waals surface area contributed by atoms with Gasteiger partial charge in [-0.2, -0.15) is 5.10 Å². The molecular formula is C18H24N4O2. The Kier molecular flexibility index (Phi) is 4.97. The predicted octanol–water partition coefficient (Wildman–Crippen LogP) is 1.88. The average molecular weight is 328 g/mol. The summed E-state index contributed by atoms with van der Waals surface area (Å²) < 4.78 is 1.76. The molecule has 0 bridgehead atoms. The van der Waals surface area contributed by atoms with Gasteiger partial charge in [0.25, 0.3) is 0 Å². The van der Waals surface area contributed by atoms with Crippen molar-refractivity contribution in [2.24, 2.45) is 0 Å². The van der Waals surface area contributed by atoms with Crippen molar-refractivity contribution in [1.82, 2.24) is 14.7 Å². The molecule has 1 amide bonds. The van der Waals surface area contributed by atoms with Gasteiger partial charge in [-0.3, -0.25) is 9.69 Å². The third-order valence-electron chi connectivity index (χ3n) is 4.30. The lowest BCUT2D eigenvalue weighted by molar-refractivity contribution is -0.117. The lowest BCUT2D eigenvalue weighted by Crippen LogP contribution is -2.40. The number of hydrogen-bond donors (Lipinski definition) is 2. The Hall–Kier alpha value is -2.18. The van der Waals surface area contributed by atoms with Gasteiger partial charge in [0.05, 0.1) is 24.0 Å². The molecule has 0 radical (unpaired) electrons. The number of aliphatic hydroxyl groups is 1. The maximum absolute atomic E-state index is 12.4. The van der Waals surface area contributed by atoms with Crippen LogP contribution in [0.5, 0.6) is 0 Å². The Bertz CT molecular complexity index is 700. The molecule has 0 atom stereocenters. The first-order valence-corrected chi connectivity index (χ1v) is 8.35. The van der Waals surface area contributed by atoms with E-state index in [9.17, 15) is 9.90 Å². The third-order valence-corrected chi connectivity index (χ3v) is 4.30. The summed E-state index contributed by atoms with van der Waals surface area (Å²) in [5.74, 6) is 0.623. The molecule has 1 aliphatic heterocycles. The molecule has 2 heterocycles. The number of piperidine rings is 1. The molecule has 2 N–H and O–H groups in total. The van der Waals surface area contributed by atoms with Gasteiger partial charge < -0.3 is 10.4 Å². The van der Waals surface area contributed by atoms with E-state index < -0.39 is 0 Å². The van der Waals surface area contributed by atoms with Gasteiger partial charge in [0.1, 0.15) is 5.82 Å². The van der Waals surface area contributed by atoms with E-state index in [4.69, 9.17) is 0 Å². The highest BCUT2D eigenvalue weighted by molar-refractivity contribution is 5.91. The molecule has 128 valence electrons. The fourth-order valence-electron chi connectivity index (χ4n) is 2.93. The smallest absolute Gasteiger partial charge is 0.239 e. The number of aromatic nitrogens is 2. The number of nitrogens with zero attached hydrogens (tertiary/aromatic N) is 3.